The first-order valence-electron chi connectivity index (χ1n) is 4.26. The van der Waals surface area contributed by atoms with E-state index in [0.717, 1.165) is 16.8 Å². The first-order valence-corrected chi connectivity index (χ1v) is 4.26. The van der Waals surface area contributed by atoms with Crippen LogP contribution in [0.25, 0.3) is 0 Å². The van der Waals surface area contributed by atoms with Crippen LogP contribution in [0.2, 0.25) is 0 Å². The Kier molecular flexibility index (Phi) is 1.72. The second-order valence-corrected chi connectivity index (χ2v) is 3.31. The molecular formula is C10H11NO2. The highest BCUT2D eigenvalue weighted by molar-refractivity contribution is 5.83. The number of hydrogen-bond donors (Lipinski definition) is 2. The highest BCUT2D eigenvalue weighted by atomic mass is 16.4. The number of fused-ring (bicyclic) bond motifs is 1. The van der Waals surface area contributed by atoms with E-state index in [1.807, 2.05) is 25.1 Å². The standard InChI is InChI=1S/C10H11NO2/c1-6-3-2-4-8-9(6)7(5-11-8)10(12)13/h2-4,7,11H,5H2,1H3,(H,12,13). The number of carboxylic acids is 1. The topological polar surface area (TPSA) is 49.3 Å². The number of hydrogen-bond acceptors (Lipinski definition) is 2. The molecule has 1 aliphatic rings. The third-order valence-corrected chi connectivity index (χ3v) is 2.47. The van der Waals surface area contributed by atoms with Gasteiger partial charge in [-0.25, -0.2) is 0 Å². The number of anilines is 1. The fourth-order valence-corrected chi connectivity index (χ4v) is 1.82. The molecular weight excluding hydrogens is 166 g/mol. The molecule has 3 heteroatoms. The van der Waals surface area contributed by atoms with E-state index in [9.17, 15) is 4.79 Å². The summed E-state index contributed by atoms with van der Waals surface area (Å²) in [5, 5.41) is 12.0. The van der Waals surface area contributed by atoms with E-state index in [-0.39, 0.29) is 5.92 Å². The average Bonchev–Trinajstić information content (AvgIpc) is 2.49. The number of benzene rings is 1. The summed E-state index contributed by atoms with van der Waals surface area (Å²) >= 11 is 0. The summed E-state index contributed by atoms with van der Waals surface area (Å²) in [6.45, 7) is 2.46. The first kappa shape index (κ1) is 8.10. The summed E-state index contributed by atoms with van der Waals surface area (Å²) < 4.78 is 0. The largest absolute Gasteiger partial charge is 0.481 e. The van der Waals surface area contributed by atoms with Gasteiger partial charge in [-0.1, -0.05) is 12.1 Å². The molecule has 1 unspecified atom stereocenters. The van der Waals surface area contributed by atoms with Crippen molar-refractivity contribution in [2.45, 2.75) is 12.8 Å². The van der Waals surface area contributed by atoms with Crippen molar-refractivity contribution in [2.75, 3.05) is 11.9 Å². The highest BCUT2D eigenvalue weighted by Crippen LogP contribution is 2.33. The van der Waals surface area contributed by atoms with E-state index in [0.29, 0.717) is 6.54 Å². The van der Waals surface area contributed by atoms with Crippen LogP contribution in [-0.2, 0) is 4.79 Å². The summed E-state index contributed by atoms with van der Waals surface area (Å²) in [6.07, 6.45) is 0. The lowest BCUT2D eigenvalue weighted by Gasteiger charge is -2.06. The second-order valence-electron chi connectivity index (χ2n) is 3.31. The van der Waals surface area contributed by atoms with Gasteiger partial charge in [-0.2, -0.15) is 0 Å². The molecule has 1 aromatic rings. The molecule has 68 valence electrons. The fourth-order valence-electron chi connectivity index (χ4n) is 1.82. The zero-order chi connectivity index (χ0) is 9.42. The van der Waals surface area contributed by atoms with E-state index < -0.39 is 5.97 Å². The number of carbonyl (C=O) groups is 1. The zero-order valence-electron chi connectivity index (χ0n) is 7.37. The molecule has 0 aliphatic carbocycles. The molecule has 0 saturated carbocycles. The van der Waals surface area contributed by atoms with Crippen molar-refractivity contribution < 1.29 is 9.90 Å². The van der Waals surface area contributed by atoms with Gasteiger partial charge in [0.25, 0.3) is 0 Å². The fraction of sp³-hybridized carbons (Fsp3) is 0.300. The molecule has 0 spiro atoms. The minimum Gasteiger partial charge on any atom is -0.481 e. The Bertz CT molecular complexity index is 360. The van der Waals surface area contributed by atoms with Crippen LogP contribution < -0.4 is 5.32 Å². The lowest BCUT2D eigenvalue weighted by atomic mass is 9.97. The van der Waals surface area contributed by atoms with Gasteiger partial charge in [-0.3, -0.25) is 4.79 Å². The van der Waals surface area contributed by atoms with E-state index in [1.54, 1.807) is 0 Å². The third kappa shape index (κ3) is 1.16. The van der Waals surface area contributed by atoms with Gasteiger partial charge in [-0.15, -0.1) is 0 Å². The Labute approximate surface area is 76.4 Å². The lowest BCUT2D eigenvalue weighted by molar-refractivity contribution is -0.138. The Balaban J connectivity index is 2.52. The summed E-state index contributed by atoms with van der Waals surface area (Å²) in [4.78, 5) is 10.9. The molecule has 0 radical (unpaired) electrons. The maximum atomic E-state index is 10.9. The molecule has 0 saturated heterocycles. The van der Waals surface area contributed by atoms with Gasteiger partial charge in [0.2, 0.25) is 0 Å². The Morgan fingerprint density at radius 1 is 1.62 bits per heavy atom. The maximum absolute atomic E-state index is 10.9. The molecule has 3 nitrogen and oxygen atoms in total. The van der Waals surface area contributed by atoms with Crippen LogP contribution >= 0.6 is 0 Å². The molecule has 0 bridgehead atoms. The summed E-state index contributed by atoms with van der Waals surface area (Å²) in [6, 6.07) is 5.80. The molecule has 1 aromatic carbocycles. The Morgan fingerprint density at radius 2 is 2.38 bits per heavy atom. The van der Waals surface area contributed by atoms with E-state index >= 15 is 0 Å². The maximum Gasteiger partial charge on any atom is 0.312 e. The molecule has 0 aromatic heterocycles. The van der Waals surface area contributed by atoms with Crippen molar-refractivity contribution in [1.82, 2.24) is 0 Å². The van der Waals surface area contributed by atoms with Crippen LogP contribution in [0.5, 0.6) is 0 Å². The van der Waals surface area contributed by atoms with Crippen molar-refractivity contribution in [1.29, 1.82) is 0 Å². The van der Waals surface area contributed by atoms with Crippen LogP contribution in [-0.4, -0.2) is 17.6 Å². The van der Waals surface area contributed by atoms with E-state index in [4.69, 9.17) is 5.11 Å². The molecule has 0 amide bonds. The summed E-state index contributed by atoms with van der Waals surface area (Å²) in [7, 11) is 0. The number of carboxylic acid groups (broad SMARTS) is 1. The zero-order valence-corrected chi connectivity index (χ0v) is 7.37. The average molecular weight is 177 g/mol. The number of rotatable bonds is 1. The predicted octanol–water partition coefficient (Wildman–Crippen LogP) is 1.59. The summed E-state index contributed by atoms with van der Waals surface area (Å²) in [5.74, 6) is -1.13. The van der Waals surface area contributed by atoms with Crippen LogP contribution in [0, 0.1) is 6.92 Å². The third-order valence-electron chi connectivity index (χ3n) is 2.47. The van der Waals surface area contributed by atoms with Crippen molar-refractivity contribution >= 4 is 11.7 Å². The highest BCUT2D eigenvalue weighted by Gasteiger charge is 2.29. The van der Waals surface area contributed by atoms with Crippen LogP contribution in [0.15, 0.2) is 18.2 Å². The second kappa shape index (κ2) is 2.76. The van der Waals surface area contributed by atoms with Crippen molar-refractivity contribution in [3.8, 4) is 0 Å². The molecule has 0 fully saturated rings. The predicted molar refractivity (Wildman–Crippen MR) is 50.0 cm³/mol. The molecule has 13 heavy (non-hydrogen) atoms. The lowest BCUT2D eigenvalue weighted by Crippen LogP contribution is -2.13. The molecule has 2 rings (SSSR count). The van der Waals surface area contributed by atoms with Gasteiger partial charge in [0.1, 0.15) is 5.92 Å². The van der Waals surface area contributed by atoms with Gasteiger partial charge >= 0.3 is 5.97 Å². The first-order chi connectivity index (χ1) is 6.20. The number of nitrogens with one attached hydrogen (secondary N) is 1. The van der Waals surface area contributed by atoms with Gasteiger partial charge in [0, 0.05) is 12.2 Å². The number of aryl methyl sites for hydroxylation is 1. The smallest absolute Gasteiger partial charge is 0.312 e. The van der Waals surface area contributed by atoms with Crippen molar-refractivity contribution in [3.05, 3.63) is 29.3 Å². The van der Waals surface area contributed by atoms with Crippen LogP contribution in [0.3, 0.4) is 0 Å². The van der Waals surface area contributed by atoms with Crippen molar-refractivity contribution in [3.63, 3.8) is 0 Å². The van der Waals surface area contributed by atoms with Crippen LogP contribution in [0.4, 0.5) is 5.69 Å². The molecule has 1 atom stereocenters. The Morgan fingerprint density at radius 3 is 3.08 bits per heavy atom. The SMILES string of the molecule is Cc1cccc2c1C(C(=O)O)CN2. The molecule has 1 heterocycles. The van der Waals surface area contributed by atoms with Gasteiger partial charge in [-0.05, 0) is 24.1 Å². The quantitative estimate of drug-likeness (QED) is 0.684. The van der Waals surface area contributed by atoms with Crippen LogP contribution in [0.1, 0.15) is 17.0 Å². The van der Waals surface area contributed by atoms with Gasteiger partial charge in [0.15, 0.2) is 0 Å². The van der Waals surface area contributed by atoms with E-state index in [1.165, 1.54) is 0 Å². The minimum absolute atomic E-state index is 0.379. The van der Waals surface area contributed by atoms with E-state index in [2.05, 4.69) is 5.32 Å². The molecule has 2 N–H and O–H groups in total. The van der Waals surface area contributed by atoms with Crippen molar-refractivity contribution in [2.24, 2.45) is 0 Å². The Hall–Kier alpha value is -1.51. The number of aliphatic carboxylic acids is 1. The summed E-state index contributed by atoms with van der Waals surface area (Å²) in [5.41, 5.74) is 2.96. The molecule has 1 aliphatic heterocycles. The monoisotopic (exact) mass is 177 g/mol. The minimum atomic E-state index is -0.749. The normalized spacial score (nSPS) is 19.3. The van der Waals surface area contributed by atoms with Gasteiger partial charge in [0.05, 0.1) is 0 Å². The van der Waals surface area contributed by atoms with Gasteiger partial charge < -0.3 is 10.4 Å².